The van der Waals surface area contributed by atoms with E-state index >= 15 is 0 Å². The Kier molecular flexibility index (Phi) is 5.08. The number of hydrogen-bond acceptors (Lipinski definition) is 2. The Bertz CT molecular complexity index is 253. The van der Waals surface area contributed by atoms with Crippen molar-refractivity contribution >= 4 is 0 Å². The summed E-state index contributed by atoms with van der Waals surface area (Å²) in [6, 6.07) is 1.54. The van der Waals surface area contributed by atoms with Crippen molar-refractivity contribution < 1.29 is 0 Å². The van der Waals surface area contributed by atoms with Gasteiger partial charge in [-0.25, -0.2) is 0 Å². The average Bonchev–Trinajstić information content (AvgIpc) is 2.33. The minimum absolute atomic E-state index is 0.687. The third-order valence-corrected chi connectivity index (χ3v) is 5.34. The zero-order chi connectivity index (χ0) is 13.1. The van der Waals surface area contributed by atoms with Gasteiger partial charge in [0.05, 0.1) is 0 Å². The van der Waals surface area contributed by atoms with E-state index in [0.717, 1.165) is 23.8 Å². The van der Waals surface area contributed by atoms with Crippen LogP contribution in [0.25, 0.3) is 0 Å². The van der Waals surface area contributed by atoms with Crippen molar-refractivity contribution in [2.45, 2.75) is 65.5 Å². The maximum absolute atomic E-state index is 3.65. The summed E-state index contributed by atoms with van der Waals surface area (Å²) in [5, 5.41) is 3.65. The molecular weight excluding hydrogens is 220 g/mol. The van der Waals surface area contributed by atoms with Gasteiger partial charge in [-0.1, -0.05) is 33.6 Å². The summed E-state index contributed by atoms with van der Waals surface area (Å²) in [4.78, 5) is 2.82. The molecule has 1 aliphatic carbocycles. The van der Waals surface area contributed by atoms with Crippen LogP contribution in [-0.4, -0.2) is 36.6 Å². The van der Waals surface area contributed by atoms with Crippen LogP contribution in [0.2, 0.25) is 0 Å². The van der Waals surface area contributed by atoms with Gasteiger partial charge in [-0.05, 0) is 50.6 Å². The summed E-state index contributed by atoms with van der Waals surface area (Å²) in [5.74, 6) is 2.59. The molecule has 2 nitrogen and oxygen atoms in total. The van der Waals surface area contributed by atoms with Crippen LogP contribution in [0.5, 0.6) is 0 Å². The van der Waals surface area contributed by atoms with Crippen LogP contribution in [-0.2, 0) is 0 Å². The predicted molar refractivity (Wildman–Crippen MR) is 78.8 cm³/mol. The highest BCUT2D eigenvalue weighted by atomic mass is 15.2. The van der Waals surface area contributed by atoms with E-state index in [9.17, 15) is 0 Å². The molecule has 0 radical (unpaired) electrons. The smallest absolute Gasteiger partial charge is 0.0124 e. The van der Waals surface area contributed by atoms with E-state index in [1.165, 1.54) is 45.3 Å². The second-order valence-electron chi connectivity index (χ2n) is 7.03. The fourth-order valence-electron chi connectivity index (χ4n) is 3.79. The van der Waals surface area contributed by atoms with Crippen molar-refractivity contribution in [1.82, 2.24) is 10.2 Å². The van der Waals surface area contributed by atoms with Crippen LogP contribution in [0.15, 0.2) is 0 Å². The Morgan fingerprint density at radius 2 is 1.78 bits per heavy atom. The van der Waals surface area contributed by atoms with Gasteiger partial charge in [0.2, 0.25) is 0 Å². The molecule has 0 aromatic rings. The third kappa shape index (κ3) is 3.48. The van der Waals surface area contributed by atoms with Crippen molar-refractivity contribution in [3.8, 4) is 0 Å². The van der Waals surface area contributed by atoms with Crippen LogP contribution >= 0.6 is 0 Å². The van der Waals surface area contributed by atoms with E-state index in [1.807, 2.05) is 0 Å². The molecule has 1 saturated heterocycles. The molecule has 1 N–H and O–H groups in total. The molecule has 5 atom stereocenters. The molecule has 1 saturated carbocycles. The Morgan fingerprint density at radius 3 is 2.56 bits per heavy atom. The number of rotatable bonds is 1. The fraction of sp³-hybridized carbons (Fsp3) is 1.00. The molecule has 0 aromatic carbocycles. The molecular formula is C16H32N2. The quantitative estimate of drug-likeness (QED) is 0.771. The fourth-order valence-corrected chi connectivity index (χ4v) is 3.79. The Labute approximate surface area is 114 Å². The van der Waals surface area contributed by atoms with Crippen LogP contribution in [0.1, 0.15) is 53.4 Å². The lowest BCUT2D eigenvalue weighted by molar-refractivity contribution is 0.0605. The standard InChI is InChI=1S/C16H32N2/c1-12-10-17-14(3)8-9-18(11-12)16-7-5-6-13(2)15(16)4/h12-17H,5-11H2,1-4H3. The molecule has 106 valence electrons. The first-order valence-corrected chi connectivity index (χ1v) is 8.05. The van der Waals surface area contributed by atoms with Crippen molar-refractivity contribution in [2.24, 2.45) is 17.8 Å². The van der Waals surface area contributed by atoms with E-state index in [0.29, 0.717) is 6.04 Å². The normalized spacial score (nSPS) is 44.3. The zero-order valence-electron chi connectivity index (χ0n) is 12.8. The first-order valence-electron chi connectivity index (χ1n) is 8.05. The lowest BCUT2D eigenvalue weighted by Crippen LogP contribution is -2.50. The Balaban J connectivity index is 2.00. The minimum atomic E-state index is 0.687. The van der Waals surface area contributed by atoms with Gasteiger partial charge in [0.15, 0.2) is 0 Å². The molecule has 2 heteroatoms. The van der Waals surface area contributed by atoms with Crippen LogP contribution in [0, 0.1) is 17.8 Å². The number of nitrogens with one attached hydrogen (secondary N) is 1. The summed E-state index contributed by atoms with van der Waals surface area (Å²) in [6.07, 6.45) is 5.62. The Morgan fingerprint density at radius 1 is 1.00 bits per heavy atom. The van der Waals surface area contributed by atoms with Crippen molar-refractivity contribution in [3.63, 3.8) is 0 Å². The van der Waals surface area contributed by atoms with E-state index in [4.69, 9.17) is 0 Å². The van der Waals surface area contributed by atoms with E-state index in [-0.39, 0.29) is 0 Å². The lowest BCUT2D eigenvalue weighted by atomic mass is 9.77. The van der Waals surface area contributed by atoms with Gasteiger partial charge >= 0.3 is 0 Å². The van der Waals surface area contributed by atoms with Gasteiger partial charge in [0, 0.05) is 18.6 Å². The van der Waals surface area contributed by atoms with Gasteiger partial charge in [-0.15, -0.1) is 0 Å². The van der Waals surface area contributed by atoms with Crippen LogP contribution in [0.3, 0.4) is 0 Å². The molecule has 0 amide bonds. The minimum Gasteiger partial charge on any atom is -0.314 e. The first-order chi connectivity index (χ1) is 8.58. The summed E-state index contributed by atoms with van der Waals surface area (Å²) in [6.45, 7) is 13.4. The van der Waals surface area contributed by atoms with Gasteiger partial charge in [-0.2, -0.15) is 0 Å². The maximum atomic E-state index is 3.65. The summed E-state index contributed by atoms with van der Waals surface area (Å²) in [5.41, 5.74) is 0. The second kappa shape index (κ2) is 6.38. The molecule has 18 heavy (non-hydrogen) atoms. The second-order valence-corrected chi connectivity index (χ2v) is 7.03. The van der Waals surface area contributed by atoms with Gasteiger partial charge < -0.3 is 5.32 Å². The molecule has 5 unspecified atom stereocenters. The van der Waals surface area contributed by atoms with Crippen molar-refractivity contribution in [3.05, 3.63) is 0 Å². The SMILES string of the molecule is CC1CNC(C)CCN(C2CCCC(C)C2C)C1. The van der Waals surface area contributed by atoms with Crippen LogP contribution < -0.4 is 5.32 Å². The van der Waals surface area contributed by atoms with Gasteiger partial charge in [0.25, 0.3) is 0 Å². The number of hydrogen-bond donors (Lipinski definition) is 1. The highest BCUT2D eigenvalue weighted by Crippen LogP contribution is 2.33. The Hall–Kier alpha value is -0.0800. The average molecular weight is 252 g/mol. The molecule has 0 spiro atoms. The van der Waals surface area contributed by atoms with Crippen molar-refractivity contribution in [1.29, 1.82) is 0 Å². The largest absolute Gasteiger partial charge is 0.314 e. The topological polar surface area (TPSA) is 15.3 Å². The van der Waals surface area contributed by atoms with Gasteiger partial charge in [0.1, 0.15) is 0 Å². The van der Waals surface area contributed by atoms with Gasteiger partial charge in [-0.3, -0.25) is 4.90 Å². The van der Waals surface area contributed by atoms with Crippen molar-refractivity contribution in [2.75, 3.05) is 19.6 Å². The molecule has 1 aliphatic heterocycles. The summed E-state index contributed by atoms with van der Waals surface area (Å²) < 4.78 is 0. The molecule has 0 bridgehead atoms. The molecule has 2 fully saturated rings. The zero-order valence-corrected chi connectivity index (χ0v) is 12.8. The predicted octanol–water partition coefficient (Wildman–Crippen LogP) is 3.13. The monoisotopic (exact) mass is 252 g/mol. The summed E-state index contributed by atoms with van der Waals surface area (Å²) in [7, 11) is 0. The van der Waals surface area contributed by atoms with Crippen LogP contribution in [0.4, 0.5) is 0 Å². The van der Waals surface area contributed by atoms with E-state index < -0.39 is 0 Å². The highest BCUT2D eigenvalue weighted by Gasteiger charge is 2.32. The summed E-state index contributed by atoms with van der Waals surface area (Å²) >= 11 is 0. The maximum Gasteiger partial charge on any atom is 0.0124 e. The lowest BCUT2D eigenvalue weighted by Gasteiger charge is -2.44. The van der Waals surface area contributed by atoms with E-state index in [1.54, 1.807) is 0 Å². The number of nitrogens with zero attached hydrogens (tertiary/aromatic N) is 1. The molecule has 2 rings (SSSR count). The molecule has 2 aliphatic rings. The van der Waals surface area contributed by atoms with E-state index in [2.05, 4.69) is 37.9 Å². The molecule has 0 aromatic heterocycles. The third-order valence-electron chi connectivity index (χ3n) is 5.34. The molecule has 1 heterocycles. The first kappa shape index (κ1) is 14.3. The highest BCUT2D eigenvalue weighted by molar-refractivity contribution is 4.87.